The summed E-state index contributed by atoms with van der Waals surface area (Å²) in [5.41, 5.74) is 5.18. The molecular formula is C30H23N5O13S4. The van der Waals surface area contributed by atoms with E-state index in [0.29, 0.717) is 10.9 Å². The van der Waals surface area contributed by atoms with Crippen LogP contribution in [0.4, 0.5) is 28.4 Å². The van der Waals surface area contributed by atoms with E-state index in [0.717, 1.165) is 18.2 Å². The summed E-state index contributed by atoms with van der Waals surface area (Å²) >= 11 is 0. The number of phenolic OH excluding ortho intramolecular Hbond substituents is 1. The number of aromatic hydroxyl groups is 1. The van der Waals surface area contributed by atoms with Gasteiger partial charge in [-0.2, -0.15) is 43.9 Å². The minimum absolute atomic E-state index is 0.0897. The third kappa shape index (κ3) is 7.00. The smallest absolute Gasteiger partial charge is 0.296 e. The van der Waals surface area contributed by atoms with Crippen LogP contribution in [0.3, 0.4) is 0 Å². The fourth-order valence-corrected chi connectivity index (χ4v) is 8.25. The summed E-state index contributed by atoms with van der Waals surface area (Å²) < 4.78 is 135. The number of nitrogens with two attached hydrogens (primary N) is 1. The van der Waals surface area contributed by atoms with Crippen LogP contribution in [0.25, 0.3) is 21.5 Å². The third-order valence-corrected chi connectivity index (χ3v) is 11.7. The van der Waals surface area contributed by atoms with Crippen molar-refractivity contribution in [3.05, 3.63) is 88.8 Å². The minimum atomic E-state index is -5.18. The van der Waals surface area contributed by atoms with Gasteiger partial charge in [0.1, 0.15) is 20.4 Å². The van der Waals surface area contributed by atoms with Gasteiger partial charge in [0.2, 0.25) is 0 Å². The molecule has 0 amide bonds. The van der Waals surface area contributed by atoms with Gasteiger partial charge in [0.05, 0.1) is 27.7 Å². The Balaban J connectivity index is 1.49. The molecule has 270 valence electrons. The minimum Gasteiger partial charge on any atom is -0.505 e. The molecule has 0 fully saturated rings. The average molecular weight is 790 g/mol. The Hall–Kier alpha value is -5.20. The van der Waals surface area contributed by atoms with Gasteiger partial charge < -0.3 is 10.8 Å². The zero-order chi connectivity index (χ0) is 38.0. The Morgan fingerprint density at radius 2 is 1.12 bits per heavy atom. The Kier molecular flexibility index (Phi) is 8.99. The second-order valence-corrected chi connectivity index (χ2v) is 16.9. The van der Waals surface area contributed by atoms with Gasteiger partial charge in [0, 0.05) is 22.6 Å². The molecule has 6 rings (SSSR count). The Bertz CT molecular complexity index is 2930. The maximum Gasteiger partial charge on any atom is 0.296 e. The van der Waals surface area contributed by atoms with E-state index in [1.807, 2.05) is 0 Å². The standard InChI is InChI=1S/C30H23N5O13S4/c31-22-14-20-15(11-27(22)51(43,44)45)12-28(52(46,47)48)29(30(20)36)35-34-25-10-9-24(18-8-7-16(13-21(18)25)49(37,38)39)33-32-23-5-1-4-19-17(23)3-2-6-26(19)50(40,41)42/h1-7,9-12,14,36H,8,13,31H2,(H,37,38,39)(H,40,41,42)(H,43,44,45)(H,46,47,48). The Morgan fingerprint density at radius 3 is 1.75 bits per heavy atom. The molecule has 0 saturated heterocycles. The van der Waals surface area contributed by atoms with E-state index in [-0.39, 0.29) is 50.1 Å². The average Bonchev–Trinajstić information content (AvgIpc) is 3.04. The summed E-state index contributed by atoms with van der Waals surface area (Å²) in [7, 11) is -19.3. The summed E-state index contributed by atoms with van der Waals surface area (Å²) in [4.78, 5) is -2.57. The van der Waals surface area contributed by atoms with Crippen molar-refractivity contribution in [3.8, 4) is 5.75 Å². The maximum atomic E-state index is 12.4. The molecule has 22 heteroatoms. The van der Waals surface area contributed by atoms with E-state index < -0.39 is 78.7 Å². The lowest BCUT2D eigenvalue weighted by Crippen LogP contribution is -2.11. The molecule has 0 saturated carbocycles. The van der Waals surface area contributed by atoms with Crippen molar-refractivity contribution < 1.29 is 57.0 Å². The lowest BCUT2D eigenvalue weighted by atomic mass is 9.93. The highest BCUT2D eigenvalue weighted by Gasteiger charge is 2.27. The van der Waals surface area contributed by atoms with Crippen molar-refractivity contribution in [3.63, 3.8) is 0 Å². The highest BCUT2D eigenvalue weighted by molar-refractivity contribution is 7.89. The zero-order valence-corrected chi connectivity index (χ0v) is 29.1. The molecule has 5 aromatic carbocycles. The van der Waals surface area contributed by atoms with Crippen LogP contribution in [0.15, 0.2) is 113 Å². The first-order valence-corrected chi connectivity index (χ1v) is 20.1. The van der Waals surface area contributed by atoms with Crippen LogP contribution in [0.2, 0.25) is 0 Å². The topological polar surface area (TPSA) is 313 Å². The molecule has 5 aromatic rings. The number of azo groups is 2. The summed E-state index contributed by atoms with van der Waals surface area (Å²) in [6.07, 6.45) is 0.657. The van der Waals surface area contributed by atoms with E-state index >= 15 is 0 Å². The number of phenols is 1. The van der Waals surface area contributed by atoms with Gasteiger partial charge in [0.15, 0.2) is 5.75 Å². The van der Waals surface area contributed by atoms with Crippen molar-refractivity contribution in [2.75, 3.05) is 5.73 Å². The van der Waals surface area contributed by atoms with E-state index in [1.54, 1.807) is 6.07 Å². The number of fused-ring (bicyclic) bond motifs is 3. The molecule has 0 bridgehead atoms. The number of rotatable bonds is 8. The van der Waals surface area contributed by atoms with Gasteiger partial charge >= 0.3 is 0 Å². The Morgan fingerprint density at radius 1 is 0.558 bits per heavy atom. The molecule has 0 radical (unpaired) electrons. The molecule has 52 heavy (non-hydrogen) atoms. The number of anilines is 1. The van der Waals surface area contributed by atoms with Gasteiger partial charge in [-0.3, -0.25) is 18.2 Å². The van der Waals surface area contributed by atoms with Crippen molar-refractivity contribution in [1.82, 2.24) is 0 Å². The summed E-state index contributed by atoms with van der Waals surface area (Å²) in [5, 5.41) is 27.4. The number of hydrogen-bond donors (Lipinski definition) is 6. The lowest BCUT2D eigenvalue weighted by molar-refractivity contribution is 0.472. The fourth-order valence-electron chi connectivity index (χ4n) is 5.64. The number of hydrogen-bond acceptors (Lipinski definition) is 14. The van der Waals surface area contributed by atoms with Crippen LogP contribution < -0.4 is 5.73 Å². The number of nitrogens with zero attached hydrogens (tertiary/aromatic N) is 4. The van der Waals surface area contributed by atoms with Crippen LogP contribution in [0.5, 0.6) is 5.75 Å². The number of benzene rings is 5. The van der Waals surface area contributed by atoms with Gasteiger partial charge in [-0.1, -0.05) is 30.3 Å². The predicted octanol–water partition coefficient (Wildman–Crippen LogP) is 5.72. The van der Waals surface area contributed by atoms with Gasteiger partial charge in [-0.25, -0.2) is 0 Å². The molecular weight excluding hydrogens is 767 g/mol. The first kappa shape index (κ1) is 36.6. The van der Waals surface area contributed by atoms with Crippen molar-refractivity contribution in [2.24, 2.45) is 20.5 Å². The second kappa shape index (κ2) is 12.8. The van der Waals surface area contributed by atoms with Crippen LogP contribution in [0.1, 0.15) is 11.1 Å². The molecule has 0 spiro atoms. The third-order valence-electron chi connectivity index (χ3n) is 8.00. The number of allylic oxidation sites excluding steroid dienone is 2. The molecule has 0 heterocycles. The monoisotopic (exact) mass is 789 g/mol. The predicted molar refractivity (Wildman–Crippen MR) is 185 cm³/mol. The summed E-state index contributed by atoms with van der Waals surface area (Å²) in [5.74, 6) is -0.910. The second-order valence-electron chi connectivity index (χ2n) is 11.2. The lowest BCUT2D eigenvalue weighted by Gasteiger charge is -2.18. The number of nitrogen functional groups attached to an aromatic ring is 1. The van der Waals surface area contributed by atoms with E-state index in [1.165, 1.54) is 48.5 Å². The van der Waals surface area contributed by atoms with Gasteiger partial charge in [-0.15, -0.1) is 10.2 Å². The van der Waals surface area contributed by atoms with Gasteiger partial charge in [-0.05, 0) is 65.4 Å². The molecule has 7 N–H and O–H groups in total. The molecule has 0 aromatic heterocycles. The van der Waals surface area contributed by atoms with Crippen molar-refractivity contribution in [1.29, 1.82) is 0 Å². The SMILES string of the molecule is Nc1cc2c(O)c(N=Nc3ccc(N=Nc4cccc5c(S(=O)(=O)O)cccc45)c4c3CC(S(=O)(=O)O)=CC4)c(S(=O)(=O)O)cc2cc1S(=O)(=O)O. The van der Waals surface area contributed by atoms with E-state index in [2.05, 4.69) is 20.5 Å². The Labute approximate surface area is 294 Å². The first-order chi connectivity index (χ1) is 24.1. The molecule has 1 aliphatic carbocycles. The molecule has 1 aliphatic rings. The normalized spacial score (nSPS) is 14.3. The highest BCUT2D eigenvalue weighted by Crippen LogP contribution is 2.45. The van der Waals surface area contributed by atoms with Crippen LogP contribution in [-0.4, -0.2) is 57.0 Å². The van der Waals surface area contributed by atoms with Crippen molar-refractivity contribution in [2.45, 2.75) is 27.5 Å². The van der Waals surface area contributed by atoms with Crippen LogP contribution in [-0.2, 0) is 53.3 Å². The first-order valence-electron chi connectivity index (χ1n) is 14.3. The summed E-state index contributed by atoms with van der Waals surface area (Å²) in [6, 6.07) is 13.8. The molecule has 0 atom stereocenters. The van der Waals surface area contributed by atoms with Crippen molar-refractivity contribution >= 4 is 90.5 Å². The maximum absolute atomic E-state index is 12.4. The van der Waals surface area contributed by atoms with Crippen LogP contribution >= 0.6 is 0 Å². The largest absolute Gasteiger partial charge is 0.505 e. The van der Waals surface area contributed by atoms with Crippen LogP contribution in [0, 0.1) is 0 Å². The zero-order valence-electron chi connectivity index (χ0n) is 25.8. The van der Waals surface area contributed by atoms with Gasteiger partial charge in [0.25, 0.3) is 40.5 Å². The van der Waals surface area contributed by atoms with E-state index in [4.69, 9.17) is 5.73 Å². The van der Waals surface area contributed by atoms with E-state index in [9.17, 15) is 57.0 Å². The highest BCUT2D eigenvalue weighted by atomic mass is 32.2. The fraction of sp³-hybridized carbons (Fsp3) is 0.0667. The molecule has 18 nitrogen and oxygen atoms in total. The molecule has 0 unspecified atom stereocenters. The molecule has 0 aliphatic heterocycles. The summed E-state index contributed by atoms with van der Waals surface area (Å²) in [6.45, 7) is 0. The quantitative estimate of drug-likeness (QED) is 0.0622.